The third-order valence-corrected chi connectivity index (χ3v) is 11.4. The van der Waals surface area contributed by atoms with Crippen molar-refractivity contribution in [2.75, 3.05) is 0 Å². The summed E-state index contributed by atoms with van der Waals surface area (Å²) < 4.78 is 8.95. The first-order valence-corrected chi connectivity index (χ1v) is 15.9. The second-order valence-electron chi connectivity index (χ2n) is 10.4. The predicted molar refractivity (Wildman–Crippen MR) is 158 cm³/mol. The summed E-state index contributed by atoms with van der Waals surface area (Å²) in [5, 5.41) is 15.0. The van der Waals surface area contributed by atoms with Gasteiger partial charge in [-0.2, -0.15) is 5.26 Å². The number of hydrogen-bond donors (Lipinski definition) is 0. The molecule has 0 saturated carbocycles. The van der Waals surface area contributed by atoms with Crippen LogP contribution in [0.2, 0.25) is 13.1 Å². The number of pyridine rings is 1. The van der Waals surface area contributed by atoms with Crippen LogP contribution in [0.15, 0.2) is 108 Å². The summed E-state index contributed by atoms with van der Waals surface area (Å²) in [6, 6.07) is 36.3. The van der Waals surface area contributed by atoms with Crippen molar-refractivity contribution in [3.8, 4) is 28.5 Å². The van der Waals surface area contributed by atoms with Crippen LogP contribution in [0, 0.1) is 18.3 Å². The van der Waals surface area contributed by atoms with E-state index in [1.807, 2.05) is 18.2 Å². The molecular formula is C34H29N2OSi+. The zero-order chi connectivity index (χ0) is 26.4. The Morgan fingerprint density at radius 3 is 2.13 bits per heavy atom. The maximum absolute atomic E-state index is 10.3. The molecule has 0 fully saturated rings. The Hall–Kier alpha value is -4.46. The monoisotopic (exact) mass is 509 g/mol. The van der Waals surface area contributed by atoms with Gasteiger partial charge in [-0.15, -0.1) is 0 Å². The average molecular weight is 510 g/mol. The van der Waals surface area contributed by atoms with Gasteiger partial charge in [0.25, 0.3) is 0 Å². The minimum Gasteiger partial charge on any atom is -0.454 e. The van der Waals surface area contributed by atoms with Crippen molar-refractivity contribution >= 4 is 40.4 Å². The number of fused-ring (bicyclic) bond motifs is 3. The second kappa shape index (κ2) is 9.13. The molecule has 4 aromatic carbocycles. The van der Waals surface area contributed by atoms with E-state index in [0.717, 1.165) is 49.9 Å². The van der Waals surface area contributed by atoms with Crippen molar-refractivity contribution < 1.29 is 8.98 Å². The van der Waals surface area contributed by atoms with Crippen LogP contribution in [0.5, 0.6) is 0 Å². The van der Waals surface area contributed by atoms with Gasteiger partial charge in [-0.25, -0.2) is 4.57 Å². The highest BCUT2D eigenvalue weighted by molar-refractivity contribution is 7.01. The lowest BCUT2D eigenvalue weighted by Gasteiger charge is -2.27. The highest BCUT2D eigenvalue weighted by Crippen LogP contribution is 2.41. The molecule has 6 aromatic rings. The number of nitrogens with zero attached hydrogens (tertiary/aromatic N) is 2. The van der Waals surface area contributed by atoms with E-state index in [9.17, 15) is 5.26 Å². The molecule has 0 N–H and O–H groups in total. The Morgan fingerprint density at radius 2 is 1.39 bits per heavy atom. The van der Waals surface area contributed by atoms with Gasteiger partial charge in [-0.3, -0.25) is 0 Å². The van der Waals surface area contributed by atoms with Crippen LogP contribution in [0.1, 0.15) is 11.1 Å². The largest absolute Gasteiger partial charge is 0.454 e. The molecule has 0 amide bonds. The molecule has 2 heterocycles. The van der Waals surface area contributed by atoms with Crippen LogP contribution in [0.4, 0.5) is 0 Å². The molecule has 0 radical (unpaired) electrons. The molecule has 0 saturated heterocycles. The molecule has 0 atom stereocenters. The first kappa shape index (κ1) is 23.9. The minimum absolute atomic E-state index is 0.630. The summed E-state index contributed by atoms with van der Waals surface area (Å²) in [7, 11) is -0.0218. The van der Waals surface area contributed by atoms with E-state index < -0.39 is 8.07 Å². The van der Waals surface area contributed by atoms with E-state index in [0.29, 0.717) is 5.56 Å². The van der Waals surface area contributed by atoms with Gasteiger partial charge < -0.3 is 4.42 Å². The standard InChI is InChI=1S/C34H29N2OSi/c1-23-17-19-26-27-20-18-24(22-35)32(34(27)37-33(26)31(23)29-15-10-11-21-36(29)2)28-14-8-9-16-30(28)38(3,4)25-12-6-5-7-13-25/h5-21H,1-4H3/q+1. The molecule has 0 aliphatic carbocycles. The zero-order valence-electron chi connectivity index (χ0n) is 22.1. The van der Waals surface area contributed by atoms with E-state index >= 15 is 0 Å². The molecule has 0 aliphatic heterocycles. The Balaban J connectivity index is 1.70. The van der Waals surface area contributed by atoms with Crippen LogP contribution in [0.25, 0.3) is 44.3 Å². The molecular weight excluding hydrogens is 480 g/mol. The Labute approximate surface area is 224 Å². The van der Waals surface area contributed by atoms with Crippen LogP contribution in [-0.2, 0) is 7.05 Å². The van der Waals surface area contributed by atoms with Crippen LogP contribution in [0.3, 0.4) is 0 Å². The Kier molecular flexibility index (Phi) is 5.74. The van der Waals surface area contributed by atoms with Crippen LogP contribution >= 0.6 is 0 Å². The summed E-state index contributed by atoms with van der Waals surface area (Å²) >= 11 is 0. The van der Waals surface area contributed by atoms with Gasteiger partial charge in [0.15, 0.2) is 6.20 Å². The maximum Gasteiger partial charge on any atom is 0.216 e. The third kappa shape index (κ3) is 3.67. The number of benzene rings is 4. The predicted octanol–water partition coefficient (Wildman–Crippen LogP) is 6.75. The van der Waals surface area contributed by atoms with Crippen molar-refractivity contribution in [1.29, 1.82) is 5.26 Å². The zero-order valence-corrected chi connectivity index (χ0v) is 23.1. The molecule has 6 rings (SSSR count). The molecule has 3 nitrogen and oxygen atoms in total. The van der Waals surface area contributed by atoms with Crippen molar-refractivity contribution in [3.63, 3.8) is 0 Å². The lowest BCUT2D eigenvalue weighted by Crippen LogP contribution is -2.53. The van der Waals surface area contributed by atoms with Gasteiger partial charge in [0.1, 0.15) is 26.3 Å². The minimum atomic E-state index is -2.08. The highest BCUT2D eigenvalue weighted by Gasteiger charge is 2.31. The van der Waals surface area contributed by atoms with E-state index in [-0.39, 0.29) is 0 Å². The third-order valence-electron chi connectivity index (χ3n) is 7.81. The number of nitriles is 1. The van der Waals surface area contributed by atoms with Crippen molar-refractivity contribution in [3.05, 3.63) is 114 Å². The van der Waals surface area contributed by atoms with Crippen molar-refractivity contribution in [2.45, 2.75) is 20.0 Å². The van der Waals surface area contributed by atoms with Crippen molar-refractivity contribution in [1.82, 2.24) is 0 Å². The molecule has 0 aliphatic rings. The van der Waals surface area contributed by atoms with Crippen LogP contribution in [-0.4, -0.2) is 8.07 Å². The van der Waals surface area contributed by atoms with Gasteiger partial charge in [0, 0.05) is 28.5 Å². The fourth-order valence-corrected chi connectivity index (χ4v) is 8.45. The van der Waals surface area contributed by atoms with Crippen LogP contribution < -0.4 is 14.9 Å². The van der Waals surface area contributed by atoms with E-state index in [1.165, 1.54) is 10.4 Å². The van der Waals surface area contributed by atoms with Gasteiger partial charge in [-0.05, 0) is 41.4 Å². The molecule has 4 heteroatoms. The van der Waals surface area contributed by atoms with Crippen molar-refractivity contribution in [2.24, 2.45) is 7.05 Å². The van der Waals surface area contributed by atoms with E-state index in [1.54, 1.807) is 0 Å². The molecule has 38 heavy (non-hydrogen) atoms. The fraction of sp³-hybridized carbons (Fsp3) is 0.118. The first-order valence-electron chi connectivity index (χ1n) is 12.9. The maximum atomic E-state index is 10.3. The topological polar surface area (TPSA) is 40.8 Å². The average Bonchev–Trinajstić information content (AvgIpc) is 3.32. The lowest BCUT2D eigenvalue weighted by molar-refractivity contribution is -0.660. The summed E-state index contributed by atoms with van der Waals surface area (Å²) in [5.41, 5.74) is 7.55. The highest BCUT2D eigenvalue weighted by atomic mass is 28.3. The quantitative estimate of drug-likeness (QED) is 0.195. The van der Waals surface area contributed by atoms with Gasteiger partial charge in [-0.1, -0.05) is 85.0 Å². The van der Waals surface area contributed by atoms with E-state index in [2.05, 4.69) is 123 Å². The summed E-state index contributed by atoms with van der Waals surface area (Å²) in [6.45, 7) is 6.88. The van der Waals surface area contributed by atoms with Gasteiger partial charge in [0.2, 0.25) is 5.69 Å². The summed E-state index contributed by atoms with van der Waals surface area (Å²) in [6.07, 6.45) is 2.06. The SMILES string of the molecule is Cc1ccc2c(oc3c(-c4ccccc4[Si](C)(C)c4ccccc4)c(C#N)ccc32)c1-c1cccc[n+]1C. The number of hydrogen-bond acceptors (Lipinski definition) is 2. The molecule has 0 unspecified atom stereocenters. The smallest absolute Gasteiger partial charge is 0.216 e. The van der Waals surface area contributed by atoms with Gasteiger partial charge >= 0.3 is 0 Å². The molecule has 0 spiro atoms. The summed E-state index contributed by atoms with van der Waals surface area (Å²) in [4.78, 5) is 0. The van der Waals surface area contributed by atoms with Gasteiger partial charge in [0.05, 0.1) is 17.2 Å². The van der Waals surface area contributed by atoms with E-state index in [4.69, 9.17) is 4.42 Å². The first-order chi connectivity index (χ1) is 18.4. The molecule has 184 valence electrons. The number of aromatic nitrogens is 1. The fourth-order valence-electron chi connectivity index (χ4n) is 5.72. The molecule has 2 aromatic heterocycles. The number of furan rings is 1. The Bertz CT molecular complexity index is 1880. The lowest BCUT2D eigenvalue weighted by atomic mass is 9.96. The Morgan fingerprint density at radius 1 is 0.737 bits per heavy atom. The number of aryl methyl sites for hydroxylation is 2. The number of rotatable bonds is 4. The summed E-state index contributed by atoms with van der Waals surface area (Å²) in [5.74, 6) is 0. The second-order valence-corrected chi connectivity index (χ2v) is 14.8. The molecule has 0 bridgehead atoms. The normalized spacial score (nSPS) is 11.7.